The number of pyridine rings is 1. The van der Waals surface area contributed by atoms with Gasteiger partial charge in [-0.15, -0.1) is 0 Å². The van der Waals surface area contributed by atoms with Crippen LogP contribution in [0.2, 0.25) is 0 Å². The molecule has 1 unspecified atom stereocenters. The van der Waals surface area contributed by atoms with Gasteiger partial charge in [0.05, 0.1) is 6.04 Å². The minimum atomic E-state index is 0.257. The van der Waals surface area contributed by atoms with Crippen molar-refractivity contribution in [3.8, 4) is 0 Å². The molecule has 1 atom stereocenters. The van der Waals surface area contributed by atoms with E-state index in [2.05, 4.69) is 32.8 Å². The van der Waals surface area contributed by atoms with Gasteiger partial charge in [0.15, 0.2) is 0 Å². The average Bonchev–Trinajstić information content (AvgIpc) is 3.06. The normalized spacial score (nSPS) is 16.8. The van der Waals surface area contributed by atoms with Gasteiger partial charge in [-0.3, -0.25) is 4.98 Å². The molecule has 2 heterocycles. The maximum absolute atomic E-state index is 4.37. The molecule has 88 valence electrons. The highest BCUT2D eigenvalue weighted by molar-refractivity contribution is 5.32. The maximum atomic E-state index is 4.37. The molecule has 4 nitrogen and oxygen atoms in total. The Balaban J connectivity index is 1.85. The van der Waals surface area contributed by atoms with E-state index in [4.69, 9.17) is 0 Å². The Hall–Kier alpha value is -1.84. The van der Waals surface area contributed by atoms with Crippen LogP contribution < -0.4 is 5.32 Å². The lowest BCUT2D eigenvalue weighted by Crippen LogP contribution is -2.13. The number of anilines is 1. The largest absolute Gasteiger partial charge is 0.353 e. The van der Waals surface area contributed by atoms with Crippen molar-refractivity contribution in [2.24, 2.45) is 0 Å². The number of aromatic nitrogens is 3. The van der Waals surface area contributed by atoms with Crippen molar-refractivity contribution in [1.29, 1.82) is 0 Å². The predicted octanol–water partition coefficient (Wildman–Crippen LogP) is 2.46. The Bertz CT molecular complexity index is 487. The summed E-state index contributed by atoms with van der Waals surface area (Å²) in [7, 11) is 0. The monoisotopic (exact) mass is 228 g/mol. The van der Waals surface area contributed by atoms with Crippen LogP contribution >= 0.6 is 0 Å². The summed E-state index contributed by atoms with van der Waals surface area (Å²) < 4.78 is 2.16. The van der Waals surface area contributed by atoms with Crippen molar-refractivity contribution in [3.05, 3.63) is 42.5 Å². The molecule has 3 rings (SSSR count). The first-order chi connectivity index (χ1) is 8.34. The molecule has 1 saturated carbocycles. The molecule has 0 bridgehead atoms. The van der Waals surface area contributed by atoms with Crippen LogP contribution in [0.1, 0.15) is 31.4 Å². The van der Waals surface area contributed by atoms with E-state index < -0.39 is 0 Å². The molecule has 1 fully saturated rings. The van der Waals surface area contributed by atoms with E-state index in [0.29, 0.717) is 6.04 Å². The lowest BCUT2D eigenvalue weighted by molar-refractivity contribution is 0.640. The van der Waals surface area contributed by atoms with Crippen LogP contribution in [0.4, 0.5) is 5.95 Å². The molecule has 0 amide bonds. The van der Waals surface area contributed by atoms with Gasteiger partial charge in [-0.1, -0.05) is 6.07 Å². The summed E-state index contributed by atoms with van der Waals surface area (Å²) >= 11 is 0. The lowest BCUT2D eigenvalue weighted by Gasteiger charge is -2.16. The zero-order chi connectivity index (χ0) is 11.7. The maximum Gasteiger partial charge on any atom is 0.203 e. The number of nitrogens with one attached hydrogen (secondary N) is 1. The molecule has 1 aliphatic carbocycles. The number of imidazole rings is 1. The quantitative estimate of drug-likeness (QED) is 0.874. The SMILES string of the molecule is CC(c1cccnc1)n1ccnc1NC1CC1. The molecule has 0 radical (unpaired) electrons. The molecule has 0 aromatic carbocycles. The highest BCUT2D eigenvalue weighted by Gasteiger charge is 2.23. The fraction of sp³-hybridized carbons (Fsp3) is 0.385. The van der Waals surface area contributed by atoms with E-state index >= 15 is 0 Å². The van der Waals surface area contributed by atoms with Crippen molar-refractivity contribution >= 4 is 5.95 Å². The van der Waals surface area contributed by atoms with Crippen LogP contribution in [0.15, 0.2) is 36.9 Å². The molecule has 2 aromatic heterocycles. The number of hydrogen-bond donors (Lipinski definition) is 1. The van der Waals surface area contributed by atoms with Crippen LogP contribution in [0, 0.1) is 0 Å². The molecule has 2 aromatic rings. The highest BCUT2D eigenvalue weighted by Crippen LogP contribution is 2.26. The van der Waals surface area contributed by atoms with E-state index in [1.54, 1.807) is 6.20 Å². The van der Waals surface area contributed by atoms with Crippen molar-refractivity contribution in [1.82, 2.24) is 14.5 Å². The smallest absolute Gasteiger partial charge is 0.203 e. The molecule has 0 saturated heterocycles. The molecule has 1 aliphatic rings. The first-order valence-corrected chi connectivity index (χ1v) is 6.04. The summed E-state index contributed by atoms with van der Waals surface area (Å²) in [4.78, 5) is 8.54. The van der Waals surface area contributed by atoms with Crippen LogP contribution in [0.25, 0.3) is 0 Å². The van der Waals surface area contributed by atoms with Crippen molar-refractivity contribution < 1.29 is 0 Å². The van der Waals surface area contributed by atoms with Crippen molar-refractivity contribution in [2.75, 3.05) is 5.32 Å². The molecule has 0 aliphatic heterocycles. The zero-order valence-electron chi connectivity index (χ0n) is 9.87. The van der Waals surface area contributed by atoms with E-state index in [9.17, 15) is 0 Å². The number of hydrogen-bond acceptors (Lipinski definition) is 3. The predicted molar refractivity (Wildman–Crippen MR) is 66.9 cm³/mol. The zero-order valence-corrected chi connectivity index (χ0v) is 9.87. The Labute approximate surface area is 101 Å². The summed E-state index contributed by atoms with van der Waals surface area (Å²) in [6.07, 6.45) is 10.1. The topological polar surface area (TPSA) is 42.7 Å². The molecule has 4 heteroatoms. The van der Waals surface area contributed by atoms with Gasteiger partial charge in [0.1, 0.15) is 0 Å². The summed E-state index contributed by atoms with van der Waals surface area (Å²) in [5.74, 6) is 0.962. The van der Waals surface area contributed by atoms with Gasteiger partial charge in [-0.25, -0.2) is 4.98 Å². The molecule has 0 spiro atoms. The summed E-state index contributed by atoms with van der Waals surface area (Å²) in [5.41, 5.74) is 1.20. The molecular weight excluding hydrogens is 212 g/mol. The summed E-state index contributed by atoms with van der Waals surface area (Å²) in [5, 5.41) is 3.45. The van der Waals surface area contributed by atoms with Gasteiger partial charge in [0, 0.05) is 30.8 Å². The van der Waals surface area contributed by atoms with Crippen LogP contribution in [-0.2, 0) is 0 Å². The summed E-state index contributed by atoms with van der Waals surface area (Å²) in [6, 6.07) is 4.94. The second-order valence-corrected chi connectivity index (χ2v) is 4.54. The fourth-order valence-corrected chi connectivity index (χ4v) is 1.93. The Morgan fingerprint density at radius 3 is 3.00 bits per heavy atom. The van der Waals surface area contributed by atoms with Gasteiger partial charge in [-0.2, -0.15) is 0 Å². The fourth-order valence-electron chi connectivity index (χ4n) is 1.93. The minimum Gasteiger partial charge on any atom is -0.353 e. The Morgan fingerprint density at radius 2 is 2.29 bits per heavy atom. The third-order valence-corrected chi connectivity index (χ3v) is 3.16. The van der Waals surface area contributed by atoms with Gasteiger partial charge >= 0.3 is 0 Å². The Morgan fingerprint density at radius 1 is 1.41 bits per heavy atom. The molecule has 1 N–H and O–H groups in total. The second kappa shape index (κ2) is 4.20. The van der Waals surface area contributed by atoms with Crippen LogP contribution in [-0.4, -0.2) is 20.6 Å². The average molecular weight is 228 g/mol. The second-order valence-electron chi connectivity index (χ2n) is 4.54. The van der Waals surface area contributed by atoms with Gasteiger partial charge in [-0.05, 0) is 31.4 Å². The standard InChI is InChI=1S/C13H16N4/c1-10(11-3-2-6-14-9-11)17-8-7-15-13(17)16-12-4-5-12/h2-3,6-10,12H,4-5H2,1H3,(H,15,16). The van der Waals surface area contributed by atoms with E-state index in [1.807, 2.05) is 24.7 Å². The first-order valence-electron chi connectivity index (χ1n) is 6.04. The van der Waals surface area contributed by atoms with E-state index in [0.717, 1.165) is 5.95 Å². The lowest BCUT2D eigenvalue weighted by atomic mass is 10.1. The molecular formula is C13H16N4. The van der Waals surface area contributed by atoms with Crippen molar-refractivity contribution in [3.63, 3.8) is 0 Å². The first kappa shape index (κ1) is 10.3. The van der Waals surface area contributed by atoms with Gasteiger partial charge in [0.2, 0.25) is 5.95 Å². The minimum absolute atomic E-state index is 0.257. The summed E-state index contributed by atoms with van der Waals surface area (Å²) in [6.45, 7) is 2.16. The third-order valence-electron chi connectivity index (χ3n) is 3.16. The highest BCUT2D eigenvalue weighted by atomic mass is 15.2. The number of rotatable bonds is 4. The molecule has 17 heavy (non-hydrogen) atoms. The van der Waals surface area contributed by atoms with E-state index in [-0.39, 0.29) is 6.04 Å². The van der Waals surface area contributed by atoms with Crippen molar-refractivity contribution in [2.45, 2.75) is 31.8 Å². The van der Waals surface area contributed by atoms with Gasteiger partial charge < -0.3 is 9.88 Å². The van der Waals surface area contributed by atoms with Crippen LogP contribution in [0.5, 0.6) is 0 Å². The van der Waals surface area contributed by atoms with Gasteiger partial charge in [0.25, 0.3) is 0 Å². The number of nitrogens with zero attached hydrogens (tertiary/aromatic N) is 3. The van der Waals surface area contributed by atoms with E-state index in [1.165, 1.54) is 18.4 Å². The third kappa shape index (κ3) is 2.16. The van der Waals surface area contributed by atoms with Crippen LogP contribution in [0.3, 0.4) is 0 Å². The Kier molecular flexibility index (Phi) is 2.55.